The molecule has 0 N–H and O–H groups in total. The molecule has 0 bridgehead atoms. The molecule has 0 heterocycles. The highest BCUT2D eigenvalue weighted by molar-refractivity contribution is 9.10. The van der Waals surface area contributed by atoms with E-state index in [1.54, 1.807) is 12.1 Å². The van der Waals surface area contributed by atoms with E-state index < -0.39 is 0 Å². The van der Waals surface area contributed by atoms with E-state index in [-0.39, 0.29) is 18.3 Å². The van der Waals surface area contributed by atoms with Crippen LogP contribution in [0.4, 0.5) is 0 Å². The number of carbonyl (C=O) groups is 1. The summed E-state index contributed by atoms with van der Waals surface area (Å²) >= 11 is 9.36. The van der Waals surface area contributed by atoms with Gasteiger partial charge in [-0.3, -0.25) is 4.79 Å². The summed E-state index contributed by atoms with van der Waals surface area (Å²) in [5.41, 5.74) is 0. The van der Waals surface area contributed by atoms with E-state index in [2.05, 4.69) is 15.9 Å². The van der Waals surface area contributed by atoms with Crippen LogP contribution in [0.25, 0.3) is 0 Å². The number of halogens is 2. The van der Waals surface area contributed by atoms with Crippen molar-refractivity contribution < 1.29 is 9.53 Å². The first kappa shape index (κ1) is 13.9. The van der Waals surface area contributed by atoms with E-state index in [1.807, 2.05) is 6.07 Å². The highest BCUT2D eigenvalue weighted by Gasteiger charge is 2.21. The summed E-state index contributed by atoms with van der Waals surface area (Å²) in [6, 6.07) is 5.40. The molecule has 1 aliphatic rings. The van der Waals surface area contributed by atoms with Gasteiger partial charge in [0.05, 0.1) is 5.02 Å². The van der Waals surface area contributed by atoms with E-state index in [0.29, 0.717) is 10.8 Å². The Morgan fingerprint density at radius 2 is 2.06 bits per heavy atom. The van der Waals surface area contributed by atoms with Crippen molar-refractivity contribution in [3.05, 3.63) is 27.7 Å². The lowest BCUT2D eigenvalue weighted by Gasteiger charge is -2.20. The Morgan fingerprint density at radius 1 is 1.33 bits per heavy atom. The minimum atomic E-state index is 0.131. The summed E-state index contributed by atoms with van der Waals surface area (Å²) in [4.78, 5) is 12.0. The SMILES string of the molecule is O=C(COc1ccc(Br)cc1Cl)C1CCCCC1. The predicted octanol–water partition coefficient (Wildman–Crippen LogP) is 4.63. The maximum absolute atomic E-state index is 12.0. The van der Waals surface area contributed by atoms with Gasteiger partial charge in [0.2, 0.25) is 0 Å². The Bertz CT molecular complexity index is 428. The third-order valence-corrected chi connectivity index (χ3v) is 4.11. The third kappa shape index (κ3) is 3.72. The van der Waals surface area contributed by atoms with Crippen molar-refractivity contribution in [3.8, 4) is 5.75 Å². The fourth-order valence-corrected chi connectivity index (χ4v) is 3.01. The molecule has 1 saturated carbocycles. The molecule has 1 aromatic carbocycles. The van der Waals surface area contributed by atoms with Gasteiger partial charge in [-0.2, -0.15) is 0 Å². The average molecular weight is 332 g/mol. The molecule has 1 fully saturated rings. The van der Waals surface area contributed by atoms with Gasteiger partial charge in [-0.05, 0) is 31.0 Å². The minimum Gasteiger partial charge on any atom is -0.484 e. The number of benzene rings is 1. The molecular weight excluding hydrogens is 316 g/mol. The van der Waals surface area contributed by atoms with Crippen LogP contribution < -0.4 is 4.74 Å². The highest BCUT2D eigenvalue weighted by Crippen LogP contribution is 2.29. The predicted molar refractivity (Wildman–Crippen MR) is 76.2 cm³/mol. The van der Waals surface area contributed by atoms with Crippen molar-refractivity contribution >= 4 is 33.3 Å². The second-order valence-electron chi connectivity index (χ2n) is 4.66. The fourth-order valence-electron chi connectivity index (χ4n) is 2.28. The molecule has 1 aliphatic carbocycles. The second-order valence-corrected chi connectivity index (χ2v) is 5.99. The Morgan fingerprint density at radius 3 is 2.72 bits per heavy atom. The monoisotopic (exact) mass is 330 g/mol. The van der Waals surface area contributed by atoms with Crippen molar-refractivity contribution in [3.63, 3.8) is 0 Å². The number of hydrogen-bond acceptors (Lipinski definition) is 2. The summed E-state index contributed by atoms with van der Waals surface area (Å²) in [6.45, 7) is 0.131. The number of ketones is 1. The molecule has 0 unspecified atom stereocenters. The van der Waals surface area contributed by atoms with Gasteiger partial charge >= 0.3 is 0 Å². The van der Waals surface area contributed by atoms with Crippen LogP contribution in [0.3, 0.4) is 0 Å². The van der Waals surface area contributed by atoms with Gasteiger partial charge in [-0.1, -0.05) is 46.8 Å². The zero-order valence-corrected chi connectivity index (χ0v) is 12.5. The van der Waals surface area contributed by atoms with Gasteiger partial charge in [-0.25, -0.2) is 0 Å². The zero-order valence-electron chi connectivity index (χ0n) is 10.1. The summed E-state index contributed by atoms with van der Waals surface area (Å²) in [6.07, 6.45) is 5.60. The van der Waals surface area contributed by atoms with E-state index in [9.17, 15) is 4.79 Å². The number of Topliss-reactive ketones (excluding diaryl/α,β-unsaturated/α-hetero) is 1. The third-order valence-electron chi connectivity index (χ3n) is 3.32. The maximum atomic E-state index is 12.0. The fraction of sp³-hybridized carbons (Fsp3) is 0.500. The van der Waals surface area contributed by atoms with Crippen LogP contribution in [0.1, 0.15) is 32.1 Å². The van der Waals surface area contributed by atoms with Gasteiger partial charge in [0.1, 0.15) is 12.4 Å². The topological polar surface area (TPSA) is 26.3 Å². The van der Waals surface area contributed by atoms with Crippen LogP contribution >= 0.6 is 27.5 Å². The first-order valence-electron chi connectivity index (χ1n) is 6.27. The molecule has 2 rings (SSSR count). The second kappa shape index (κ2) is 6.58. The van der Waals surface area contributed by atoms with Crippen molar-refractivity contribution in [1.29, 1.82) is 0 Å². The Kier molecular flexibility index (Phi) is 5.07. The van der Waals surface area contributed by atoms with Crippen LogP contribution in [-0.4, -0.2) is 12.4 Å². The molecular formula is C14H16BrClO2. The minimum absolute atomic E-state index is 0.131. The first-order valence-corrected chi connectivity index (χ1v) is 7.44. The van der Waals surface area contributed by atoms with E-state index >= 15 is 0 Å². The van der Waals surface area contributed by atoms with Gasteiger partial charge in [-0.15, -0.1) is 0 Å². The number of rotatable bonds is 4. The zero-order chi connectivity index (χ0) is 13.0. The van der Waals surface area contributed by atoms with Gasteiger partial charge < -0.3 is 4.74 Å². The molecule has 0 aromatic heterocycles. The van der Waals surface area contributed by atoms with Crippen LogP contribution in [0.2, 0.25) is 5.02 Å². The van der Waals surface area contributed by atoms with Crippen molar-refractivity contribution in [1.82, 2.24) is 0 Å². The molecule has 0 spiro atoms. The van der Waals surface area contributed by atoms with Crippen molar-refractivity contribution in [2.75, 3.05) is 6.61 Å². The smallest absolute Gasteiger partial charge is 0.173 e. The molecule has 18 heavy (non-hydrogen) atoms. The highest BCUT2D eigenvalue weighted by atomic mass is 79.9. The molecule has 2 nitrogen and oxygen atoms in total. The van der Waals surface area contributed by atoms with Gasteiger partial charge in [0.15, 0.2) is 5.78 Å². The van der Waals surface area contributed by atoms with E-state index in [4.69, 9.17) is 16.3 Å². The number of carbonyl (C=O) groups excluding carboxylic acids is 1. The quantitative estimate of drug-likeness (QED) is 0.804. The lowest BCUT2D eigenvalue weighted by atomic mass is 9.86. The van der Waals surface area contributed by atoms with E-state index in [1.165, 1.54) is 6.42 Å². The van der Waals surface area contributed by atoms with Crippen molar-refractivity contribution in [2.24, 2.45) is 5.92 Å². The average Bonchev–Trinajstić information content (AvgIpc) is 2.38. The standard InChI is InChI=1S/C14H16BrClO2/c15-11-6-7-14(12(16)8-11)18-9-13(17)10-4-2-1-3-5-10/h6-8,10H,1-5,9H2. The normalized spacial score (nSPS) is 16.6. The number of hydrogen-bond donors (Lipinski definition) is 0. The van der Waals surface area contributed by atoms with Crippen molar-refractivity contribution in [2.45, 2.75) is 32.1 Å². The molecule has 0 amide bonds. The Labute approximate surface area is 121 Å². The lowest BCUT2D eigenvalue weighted by molar-refractivity contribution is -0.125. The first-order chi connectivity index (χ1) is 8.66. The van der Waals surface area contributed by atoms with Crippen LogP contribution in [0.15, 0.2) is 22.7 Å². The molecule has 0 radical (unpaired) electrons. The molecule has 98 valence electrons. The Hall–Kier alpha value is -0.540. The van der Waals surface area contributed by atoms with Crippen LogP contribution in [0, 0.1) is 5.92 Å². The lowest BCUT2D eigenvalue weighted by Crippen LogP contribution is -2.23. The molecule has 4 heteroatoms. The summed E-state index contributed by atoms with van der Waals surface area (Å²) in [5, 5.41) is 0.529. The van der Waals surface area contributed by atoms with Gasteiger partial charge in [0, 0.05) is 10.4 Å². The summed E-state index contributed by atoms with van der Waals surface area (Å²) in [5.74, 6) is 0.964. The summed E-state index contributed by atoms with van der Waals surface area (Å²) in [7, 11) is 0. The summed E-state index contributed by atoms with van der Waals surface area (Å²) < 4.78 is 6.41. The maximum Gasteiger partial charge on any atom is 0.173 e. The van der Waals surface area contributed by atoms with Gasteiger partial charge in [0.25, 0.3) is 0 Å². The van der Waals surface area contributed by atoms with E-state index in [0.717, 1.165) is 30.2 Å². The van der Waals surface area contributed by atoms with Crippen LogP contribution in [0.5, 0.6) is 5.75 Å². The largest absolute Gasteiger partial charge is 0.484 e. The molecule has 0 aliphatic heterocycles. The van der Waals surface area contributed by atoms with Crippen LogP contribution in [-0.2, 0) is 4.79 Å². The molecule has 1 aromatic rings. The Balaban J connectivity index is 1.88. The number of ether oxygens (including phenoxy) is 1. The molecule has 0 atom stereocenters. The molecule has 0 saturated heterocycles.